The fourth-order valence-electron chi connectivity index (χ4n) is 2.01. The molecule has 1 fully saturated rings. The number of nitrogens with zero attached hydrogens (tertiary/aromatic N) is 1. The van der Waals surface area contributed by atoms with Crippen molar-refractivity contribution in [3.8, 4) is 0 Å². The third-order valence-electron chi connectivity index (χ3n) is 3.23. The molecule has 0 bridgehead atoms. The molecule has 1 amide bonds. The lowest BCUT2D eigenvalue weighted by Gasteiger charge is -2.34. The van der Waals surface area contributed by atoms with Gasteiger partial charge in [0.2, 0.25) is 0 Å². The summed E-state index contributed by atoms with van der Waals surface area (Å²) < 4.78 is 13.0. The van der Waals surface area contributed by atoms with E-state index in [1.54, 1.807) is 17.0 Å². The molecule has 1 aromatic rings. The fourth-order valence-corrected chi connectivity index (χ4v) is 2.30. The summed E-state index contributed by atoms with van der Waals surface area (Å²) in [5.74, 6) is -0.0982. The zero-order chi connectivity index (χ0) is 12.4. The van der Waals surface area contributed by atoms with Crippen molar-refractivity contribution in [1.82, 2.24) is 4.90 Å². The Morgan fingerprint density at radius 3 is 2.94 bits per heavy atom. The lowest BCUT2D eigenvalue weighted by Crippen LogP contribution is -2.43. The van der Waals surface area contributed by atoms with Gasteiger partial charge in [0.1, 0.15) is 5.82 Å². The number of hydrogen-bond donors (Lipinski definition) is 0. The molecule has 4 heteroatoms. The van der Waals surface area contributed by atoms with Crippen LogP contribution in [0.2, 0.25) is 0 Å². The van der Waals surface area contributed by atoms with Crippen molar-refractivity contribution in [2.24, 2.45) is 5.92 Å². The highest BCUT2D eigenvalue weighted by Crippen LogP contribution is 2.23. The molecule has 1 aliphatic heterocycles. The van der Waals surface area contributed by atoms with Crippen molar-refractivity contribution in [2.45, 2.75) is 18.7 Å². The van der Waals surface area contributed by atoms with E-state index in [9.17, 15) is 9.18 Å². The number of halogens is 2. The minimum atomic E-state index is -0.386. The van der Waals surface area contributed by atoms with Crippen molar-refractivity contribution < 1.29 is 9.18 Å². The fraction of sp³-hybridized carbons (Fsp3) is 0.462. The molecule has 0 saturated carbocycles. The van der Waals surface area contributed by atoms with Crippen LogP contribution in [0.15, 0.2) is 24.3 Å². The van der Waals surface area contributed by atoms with Gasteiger partial charge in [0.05, 0.1) is 5.38 Å². The summed E-state index contributed by atoms with van der Waals surface area (Å²) in [5.41, 5.74) is 0.392. The second kappa shape index (κ2) is 5.05. The Hall–Kier alpha value is -1.09. The van der Waals surface area contributed by atoms with Crippen molar-refractivity contribution >= 4 is 17.5 Å². The maximum Gasteiger partial charge on any atom is 0.254 e. The van der Waals surface area contributed by atoms with Crippen LogP contribution in [0, 0.1) is 11.7 Å². The molecule has 0 spiro atoms. The highest BCUT2D eigenvalue weighted by molar-refractivity contribution is 6.21. The standard InChI is InChI=1S/C13H15ClFNO/c1-9-5-6-16(8-12(9)14)13(17)10-3-2-4-11(15)7-10/h2-4,7,9,12H,5-6,8H2,1H3. The van der Waals surface area contributed by atoms with E-state index in [1.807, 2.05) is 0 Å². The van der Waals surface area contributed by atoms with Gasteiger partial charge < -0.3 is 4.90 Å². The monoisotopic (exact) mass is 255 g/mol. The Labute approximate surface area is 105 Å². The molecule has 0 radical (unpaired) electrons. The summed E-state index contributed by atoms with van der Waals surface area (Å²) >= 11 is 6.16. The van der Waals surface area contributed by atoms with Crippen LogP contribution in [0.25, 0.3) is 0 Å². The molecule has 1 saturated heterocycles. The Morgan fingerprint density at radius 1 is 1.53 bits per heavy atom. The highest BCUT2D eigenvalue weighted by Gasteiger charge is 2.27. The number of carbonyl (C=O) groups is 1. The number of benzene rings is 1. The van der Waals surface area contributed by atoms with E-state index in [1.165, 1.54) is 12.1 Å². The van der Waals surface area contributed by atoms with Gasteiger partial charge in [-0.2, -0.15) is 0 Å². The van der Waals surface area contributed by atoms with Gasteiger partial charge in [-0.1, -0.05) is 13.0 Å². The van der Waals surface area contributed by atoms with Crippen molar-refractivity contribution in [3.63, 3.8) is 0 Å². The maximum atomic E-state index is 13.0. The first-order valence-electron chi connectivity index (χ1n) is 5.77. The summed E-state index contributed by atoms with van der Waals surface area (Å²) in [7, 11) is 0. The summed E-state index contributed by atoms with van der Waals surface area (Å²) in [6.45, 7) is 3.32. The molecule has 92 valence electrons. The summed E-state index contributed by atoms with van der Waals surface area (Å²) in [5, 5.41) is -0.0127. The Kier molecular flexibility index (Phi) is 3.67. The van der Waals surface area contributed by atoms with Crippen LogP contribution in [-0.2, 0) is 0 Å². The van der Waals surface area contributed by atoms with Crippen molar-refractivity contribution in [2.75, 3.05) is 13.1 Å². The second-order valence-electron chi connectivity index (χ2n) is 4.54. The van der Waals surface area contributed by atoms with Crippen LogP contribution >= 0.6 is 11.6 Å². The van der Waals surface area contributed by atoms with Crippen LogP contribution in [0.4, 0.5) is 4.39 Å². The molecule has 0 aromatic heterocycles. The van der Waals surface area contributed by atoms with E-state index >= 15 is 0 Å². The topological polar surface area (TPSA) is 20.3 Å². The van der Waals surface area contributed by atoms with E-state index in [0.29, 0.717) is 24.6 Å². The number of rotatable bonds is 1. The number of piperidine rings is 1. The minimum Gasteiger partial charge on any atom is -0.337 e. The van der Waals surface area contributed by atoms with E-state index in [-0.39, 0.29) is 17.1 Å². The number of alkyl halides is 1. The number of hydrogen-bond acceptors (Lipinski definition) is 1. The molecule has 2 rings (SSSR count). The van der Waals surface area contributed by atoms with Gasteiger partial charge in [-0.3, -0.25) is 4.79 Å². The molecule has 0 aliphatic carbocycles. The van der Waals surface area contributed by atoms with Gasteiger partial charge in [0, 0.05) is 18.7 Å². The molecule has 17 heavy (non-hydrogen) atoms. The van der Waals surface area contributed by atoms with Crippen molar-refractivity contribution in [1.29, 1.82) is 0 Å². The third kappa shape index (κ3) is 2.78. The molecule has 1 heterocycles. The van der Waals surface area contributed by atoms with Crippen molar-refractivity contribution in [3.05, 3.63) is 35.6 Å². The van der Waals surface area contributed by atoms with Crippen LogP contribution in [0.3, 0.4) is 0 Å². The minimum absolute atomic E-state index is 0.0127. The van der Waals surface area contributed by atoms with Gasteiger partial charge in [-0.25, -0.2) is 4.39 Å². The van der Waals surface area contributed by atoms with Gasteiger partial charge in [0.25, 0.3) is 5.91 Å². The zero-order valence-electron chi connectivity index (χ0n) is 9.70. The van der Waals surface area contributed by atoms with Crippen LogP contribution in [0.1, 0.15) is 23.7 Å². The average Bonchev–Trinajstić information content (AvgIpc) is 2.32. The summed E-state index contributed by atoms with van der Waals surface area (Å²) in [6.07, 6.45) is 0.898. The van der Waals surface area contributed by atoms with Crippen LogP contribution in [-0.4, -0.2) is 29.3 Å². The molecular formula is C13H15ClFNO. The summed E-state index contributed by atoms with van der Waals surface area (Å²) in [6, 6.07) is 5.78. The predicted octanol–water partition coefficient (Wildman–Crippen LogP) is 2.92. The van der Waals surface area contributed by atoms with E-state index in [2.05, 4.69) is 6.92 Å². The van der Waals surface area contributed by atoms with Crippen LogP contribution < -0.4 is 0 Å². The molecule has 1 aliphatic rings. The van der Waals surface area contributed by atoms with Gasteiger partial charge in [0.15, 0.2) is 0 Å². The van der Waals surface area contributed by atoms with Crippen LogP contribution in [0.5, 0.6) is 0 Å². The predicted molar refractivity (Wildman–Crippen MR) is 65.7 cm³/mol. The SMILES string of the molecule is CC1CCN(C(=O)c2cccc(F)c2)CC1Cl. The number of likely N-dealkylation sites (tertiary alicyclic amines) is 1. The zero-order valence-corrected chi connectivity index (χ0v) is 10.5. The lowest BCUT2D eigenvalue weighted by atomic mass is 9.98. The third-order valence-corrected chi connectivity index (χ3v) is 3.79. The molecule has 2 atom stereocenters. The van der Waals surface area contributed by atoms with E-state index < -0.39 is 0 Å². The van der Waals surface area contributed by atoms with E-state index in [4.69, 9.17) is 11.6 Å². The van der Waals surface area contributed by atoms with Gasteiger partial charge in [-0.05, 0) is 30.5 Å². The molecule has 1 aromatic carbocycles. The summed E-state index contributed by atoms with van der Waals surface area (Å²) in [4.78, 5) is 13.8. The first-order chi connectivity index (χ1) is 8.08. The molecule has 2 unspecified atom stereocenters. The molecule has 0 N–H and O–H groups in total. The van der Waals surface area contributed by atoms with E-state index in [0.717, 1.165) is 6.42 Å². The Morgan fingerprint density at radius 2 is 2.29 bits per heavy atom. The number of carbonyl (C=O) groups excluding carboxylic acids is 1. The first-order valence-corrected chi connectivity index (χ1v) is 6.20. The molecular weight excluding hydrogens is 241 g/mol. The smallest absolute Gasteiger partial charge is 0.254 e. The highest BCUT2D eigenvalue weighted by atomic mass is 35.5. The largest absolute Gasteiger partial charge is 0.337 e. The Bertz CT molecular complexity index is 424. The number of amides is 1. The maximum absolute atomic E-state index is 13.0. The van der Waals surface area contributed by atoms with Gasteiger partial charge in [-0.15, -0.1) is 11.6 Å². The quantitative estimate of drug-likeness (QED) is 0.707. The normalized spacial score (nSPS) is 24.8. The first kappa shape index (κ1) is 12.4. The molecule has 2 nitrogen and oxygen atoms in total. The Balaban J connectivity index is 2.10. The average molecular weight is 256 g/mol. The second-order valence-corrected chi connectivity index (χ2v) is 5.10. The lowest BCUT2D eigenvalue weighted by molar-refractivity contribution is 0.0701. The van der Waals surface area contributed by atoms with Gasteiger partial charge >= 0.3 is 0 Å².